The molecule has 0 aliphatic carbocycles. The molecule has 1 N–H and O–H groups in total. The summed E-state index contributed by atoms with van der Waals surface area (Å²) in [5.41, 5.74) is 0.629. The number of halogens is 2. The molecule has 1 amide bonds. The van der Waals surface area contributed by atoms with E-state index in [9.17, 15) is 22.0 Å². The van der Waals surface area contributed by atoms with Crippen molar-refractivity contribution in [3.05, 3.63) is 59.7 Å². The van der Waals surface area contributed by atoms with Crippen molar-refractivity contribution in [2.24, 2.45) is 0 Å². The van der Waals surface area contributed by atoms with Crippen LogP contribution in [-0.4, -0.2) is 32.7 Å². The number of hydrogen-bond acceptors (Lipinski definition) is 4. The number of carbonyl (C=O) groups is 1. The molecule has 2 rings (SSSR count). The Morgan fingerprint density at radius 3 is 2.38 bits per heavy atom. The van der Waals surface area contributed by atoms with Gasteiger partial charge >= 0.3 is 0 Å². The van der Waals surface area contributed by atoms with Crippen LogP contribution >= 0.6 is 0 Å². The molecule has 0 aromatic heterocycles. The normalized spacial score (nSPS) is 12.5. The average Bonchev–Trinajstić information content (AvgIpc) is 2.61. The zero-order valence-electron chi connectivity index (χ0n) is 16.6. The van der Waals surface area contributed by atoms with Gasteiger partial charge in [-0.1, -0.05) is 12.1 Å². The summed E-state index contributed by atoms with van der Waals surface area (Å²) in [5.74, 6) is -2.25. The molecule has 0 bridgehead atoms. The number of amides is 1. The smallest absolute Gasteiger partial charge is 0.243 e. The number of hydrogen-bond donors (Lipinski definition) is 1. The lowest BCUT2D eigenvalue weighted by molar-refractivity contribution is -0.122. The number of rotatable bonds is 8. The molecule has 9 heteroatoms. The number of nitrogens with one attached hydrogen (secondary N) is 1. The van der Waals surface area contributed by atoms with Crippen molar-refractivity contribution in [3.8, 4) is 5.75 Å². The molecular formula is C20H24F2N2O4S. The Labute approximate surface area is 169 Å². The van der Waals surface area contributed by atoms with Crippen LogP contribution in [0.2, 0.25) is 0 Å². The van der Waals surface area contributed by atoms with Crippen molar-refractivity contribution in [2.75, 3.05) is 10.6 Å². The van der Waals surface area contributed by atoms with Crippen LogP contribution in [0.25, 0.3) is 0 Å². The number of sulfonamides is 1. The Bertz CT molecular complexity index is 980. The molecule has 0 spiro atoms. The van der Waals surface area contributed by atoms with Crippen LogP contribution in [0.4, 0.5) is 14.5 Å². The van der Waals surface area contributed by atoms with Gasteiger partial charge in [0, 0.05) is 12.6 Å². The largest absolute Gasteiger partial charge is 0.491 e. The zero-order chi connectivity index (χ0) is 21.8. The summed E-state index contributed by atoms with van der Waals surface area (Å²) in [6.45, 7) is 5.31. The van der Waals surface area contributed by atoms with Crippen molar-refractivity contribution < 1.29 is 26.7 Å². The molecule has 2 aromatic carbocycles. The predicted molar refractivity (Wildman–Crippen MR) is 107 cm³/mol. The third kappa shape index (κ3) is 6.15. The fraction of sp³-hybridized carbons (Fsp3) is 0.350. The van der Waals surface area contributed by atoms with Gasteiger partial charge in [-0.2, -0.15) is 0 Å². The molecule has 0 saturated carbocycles. The van der Waals surface area contributed by atoms with Gasteiger partial charge in [-0.15, -0.1) is 0 Å². The maximum atomic E-state index is 13.6. The molecule has 0 aliphatic rings. The van der Waals surface area contributed by atoms with Crippen LogP contribution in [0.1, 0.15) is 26.3 Å². The minimum atomic E-state index is -3.93. The summed E-state index contributed by atoms with van der Waals surface area (Å²) < 4.78 is 57.6. The van der Waals surface area contributed by atoms with Crippen LogP contribution < -0.4 is 14.4 Å². The molecule has 158 valence electrons. The van der Waals surface area contributed by atoms with Gasteiger partial charge in [0.2, 0.25) is 15.9 Å². The third-order valence-electron chi connectivity index (χ3n) is 3.98. The van der Waals surface area contributed by atoms with E-state index >= 15 is 0 Å². The van der Waals surface area contributed by atoms with Crippen LogP contribution in [-0.2, 0) is 21.4 Å². The summed E-state index contributed by atoms with van der Waals surface area (Å²) in [6, 6.07) is 8.63. The highest BCUT2D eigenvalue weighted by atomic mass is 32.2. The van der Waals surface area contributed by atoms with Crippen molar-refractivity contribution in [2.45, 2.75) is 39.5 Å². The zero-order valence-corrected chi connectivity index (χ0v) is 17.5. The van der Waals surface area contributed by atoms with E-state index in [1.54, 1.807) is 24.3 Å². The highest BCUT2D eigenvalue weighted by molar-refractivity contribution is 7.92. The second-order valence-electron chi connectivity index (χ2n) is 6.87. The van der Waals surface area contributed by atoms with Crippen LogP contribution in [0.3, 0.4) is 0 Å². The maximum absolute atomic E-state index is 13.6. The lowest BCUT2D eigenvalue weighted by atomic mass is 10.2. The summed E-state index contributed by atoms with van der Waals surface area (Å²) in [6.07, 6.45) is 0.893. The van der Waals surface area contributed by atoms with Gasteiger partial charge in [0.25, 0.3) is 0 Å². The molecular weight excluding hydrogens is 402 g/mol. The lowest BCUT2D eigenvalue weighted by Gasteiger charge is -2.28. The Kier molecular flexibility index (Phi) is 7.18. The number of anilines is 1. The molecule has 2 aromatic rings. The quantitative estimate of drug-likeness (QED) is 0.703. The van der Waals surface area contributed by atoms with Gasteiger partial charge in [0.15, 0.2) is 11.6 Å². The van der Waals surface area contributed by atoms with Gasteiger partial charge in [-0.25, -0.2) is 17.2 Å². The van der Waals surface area contributed by atoms with E-state index in [1.807, 2.05) is 13.8 Å². The van der Waals surface area contributed by atoms with Crippen LogP contribution in [0.5, 0.6) is 5.75 Å². The van der Waals surface area contributed by atoms with Gasteiger partial charge in [-0.3, -0.25) is 9.10 Å². The lowest BCUT2D eigenvalue weighted by Crippen LogP contribution is -2.47. The van der Waals surface area contributed by atoms with Gasteiger partial charge in [0.05, 0.1) is 18.0 Å². The summed E-state index contributed by atoms with van der Waals surface area (Å²) >= 11 is 0. The first kappa shape index (κ1) is 22.6. The van der Waals surface area contributed by atoms with E-state index in [2.05, 4.69) is 5.32 Å². The Hall–Kier alpha value is -2.68. The molecule has 0 heterocycles. The molecule has 0 fully saturated rings. The minimum Gasteiger partial charge on any atom is -0.491 e. The number of nitrogens with zero attached hydrogens (tertiary/aromatic N) is 1. The Morgan fingerprint density at radius 1 is 1.10 bits per heavy atom. The van der Waals surface area contributed by atoms with E-state index in [-0.39, 0.29) is 18.3 Å². The second kappa shape index (κ2) is 9.21. The molecule has 6 nitrogen and oxygen atoms in total. The van der Waals surface area contributed by atoms with Crippen LogP contribution in [0, 0.1) is 11.6 Å². The van der Waals surface area contributed by atoms with E-state index in [0.717, 1.165) is 34.3 Å². The molecule has 0 saturated heterocycles. The second-order valence-corrected chi connectivity index (χ2v) is 8.72. The molecule has 29 heavy (non-hydrogen) atoms. The maximum Gasteiger partial charge on any atom is 0.243 e. The Morgan fingerprint density at radius 2 is 1.79 bits per heavy atom. The standard InChI is InChI=1S/C20H24F2N2O4S/c1-13(2)28-17-7-5-6-15(10-17)12-23-20(25)14(3)24(29(4,26)27)16-8-9-18(21)19(22)11-16/h5-11,13-14H,12H2,1-4H3,(H,23,25)/t14-/m0/s1. The van der Waals surface area contributed by atoms with Gasteiger partial charge in [0.1, 0.15) is 11.8 Å². The number of benzene rings is 2. The van der Waals surface area contributed by atoms with E-state index in [1.165, 1.54) is 6.92 Å². The monoisotopic (exact) mass is 426 g/mol. The molecule has 1 atom stereocenters. The van der Waals surface area contributed by atoms with Gasteiger partial charge < -0.3 is 10.1 Å². The molecule has 0 aliphatic heterocycles. The summed E-state index contributed by atoms with van der Waals surface area (Å²) in [7, 11) is -3.93. The first-order chi connectivity index (χ1) is 13.5. The highest BCUT2D eigenvalue weighted by Crippen LogP contribution is 2.23. The first-order valence-electron chi connectivity index (χ1n) is 8.97. The predicted octanol–water partition coefficient (Wildman–Crippen LogP) is 3.22. The highest BCUT2D eigenvalue weighted by Gasteiger charge is 2.29. The fourth-order valence-corrected chi connectivity index (χ4v) is 3.94. The van der Waals surface area contributed by atoms with Crippen LogP contribution in [0.15, 0.2) is 42.5 Å². The average molecular weight is 426 g/mol. The number of ether oxygens (including phenoxy) is 1. The Balaban J connectivity index is 2.16. The van der Waals surface area contributed by atoms with Crippen molar-refractivity contribution in [3.63, 3.8) is 0 Å². The minimum absolute atomic E-state index is 0.000660. The van der Waals surface area contributed by atoms with Crippen molar-refractivity contribution in [1.82, 2.24) is 5.32 Å². The van der Waals surface area contributed by atoms with E-state index in [4.69, 9.17) is 4.74 Å². The topological polar surface area (TPSA) is 75.7 Å². The van der Waals surface area contributed by atoms with E-state index < -0.39 is 33.6 Å². The fourth-order valence-electron chi connectivity index (χ4n) is 2.77. The van der Waals surface area contributed by atoms with E-state index in [0.29, 0.717) is 5.75 Å². The SMILES string of the molecule is CC(C)Oc1cccc(CNC(=O)[C@H](C)N(c2ccc(F)c(F)c2)S(C)(=O)=O)c1. The van der Waals surface area contributed by atoms with Crippen molar-refractivity contribution >= 4 is 21.6 Å². The first-order valence-corrected chi connectivity index (χ1v) is 10.8. The molecule has 0 radical (unpaired) electrons. The summed E-state index contributed by atoms with van der Waals surface area (Å²) in [5, 5.41) is 2.66. The summed E-state index contributed by atoms with van der Waals surface area (Å²) in [4.78, 5) is 12.6. The van der Waals surface area contributed by atoms with Gasteiger partial charge in [-0.05, 0) is 50.6 Å². The number of carbonyl (C=O) groups excluding carboxylic acids is 1. The third-order valence-corrected chi connectivity index (χ3v) is 5.22. The molecule has 0 unspecified atom stereocenters. The van der Waals surface area contributed by atoms with Crippen molar-refractivity contribution in [1.29, 1.82) is 0 Å².